The molecule has 2 aromatic rings. The fraction of sp³-hybridized carbons (Fsp3) is 0.560. The van der Waals surface area contributed by atoms with Gasteiger partial charge in [0, 0.05) is 36.6 Å². The second kappa shape index (κ2) is 7.24. The second-order valence-corrected chi connectivity index (χ2v) is 9.71. The summed E-state index contributed by atoms with van der Waals surface area (Å²) in [7, 11) is 0. The molecule has 3 aliphatic heterocycles. The van der Waals surface area contributed by atoms with E-state index in [1.54, 1.807) is 17.7 Å². The summed E-state index contributed by atoms with van der Waals surface area (Å²) >= 11 is 0. The van der Waals surface area contributed by atoms with Crippen molar-refractivity contribution in [1.29, 1.82) is 0 Å². The number of fused-ring (bicyclic) bond motifs is 7. The summed E-state index contributed by atoms with van der Waals surface area (Å²) in [5.74, 6) is 1.61. The molecule has 3 saturated heterocycles. The first-order valence-corrected chi connectivity index (χ1v) is 11.6. The number of hydrogen-bond acceptors (Lipinski definition) is 5. The Bertz CT molecular complexity index is 1060. The monoisotopic (exact) mass is 406 g/mol. The zero-order chi connectivity index (χ0) is 20.2. The molecular weight excluding hydrogens is 376 g/mol. The average Bonchev–Trinajstić information content (AvgIpc) is 2.76. The van der Waals surface area contributed by atoms with Gasteiger partial charge in [-0.2, -0.15) is 0 Å². The van der Waals surface area contributed by atoms with Gasteiger partial charge in [0.15, 0.2) is 0 Å². The Morgan fingerprint density at radius 1 is 1.10 bits per heavy atom. The molecule has 6 rings (SSSR count). The van der Waals surface area contributed by atoms with E-state index in [1.807, 2.05) is 6.07 Å². The molecule has 4 atom stereocenters. The van der Waals surface area contributed by atoms with Crippen molar-refractivity contribution in [3.63, 3.8) is 0 Å². The number of nitrogens with zero attached hydrogens (tertiary/aromatic N) is 2. The Balaban J connectivity index is 1.36. The lowest BCUT2D eigenvalue weighted by molar-refractivity contribution is -0.00274. The zero-order valence-corrected chi connectivity index (χ0v) is 17.4. The number of piperidine rings is 3. The molecule has 1 aromatic carbocycles. The van der Waals surface area contributed by atoms with Crippen LogP contribution < -0.4 is 5.63 Å². The van der Waals surface area contributed by atoms with Gasteiger partial charge in [0.25, 0.3) is 0 Å². The third kappa shape index (κ3) is 3.02. The molecule has 0 saturated carbocycles. The van der Waals surface area contributed by atoms with E-state index < -0.39 is 0 Å². The first-order chi connectivity index (χ1) is 14.7. The van der Waals surface area contributed by atoms with Crippen LogP contribution >= 0.6 is 0 Å². The van der Waals surface area contributed by atoms with Crippen LogP contribution in [-0.4, -0.2) is 46.6 Å². The molecule has 158 valence electrons. The number of likely N-dealkylation sites (tertiary alicyclic amines) is 1. The second-order valence-electron chi connectivity index (χ2n) is 9.71. The van der Waals surface area contributed by atoms with Gasteiger partial charge >= 0.3 is 5.63 Å². The zero-order valence-electron chi connectivity index (χ0n) is 17.4. The molecule has 1 aromatic heterocycles. The number of phenolic OH excluding ortho intramolecular Hbond substituents is 1. The SMILES string of the molecule is O=c1ccc2ccc(O)c(CN3CCCC4=CC5CC(CN6CCCC[C@H]56)[C@@H]43)c2o1. The molecule has 4 heterocycles. The van der Waals surface area contributed by atoms with Crippen molar-refractivity contribution in [2.24, 2.45) is 11.8 Å². The smallest absolute Gasteiger partial charge is 0.336 e. The van der Waals surface area contributed by atoms with E-state index in [1.165, 1.54) is 51.3 Å². The maximum atomic E-state index is 11.9. The van der Waals surface area contributed by atoms with Crippen molar-refractivity contribution >= 4 is 11.0 Å². The molecule has 2 unspecified atom stereocenters. The van der Waals surface area contributed by atoms with Crippen LogP contribution in [0.3, 0.4) is 0 Å². The summed E-state index contributed by atoms with van der Waals surface area (Å²) in [6.07, 6.45) is 10.4. The maximum absolute atomic E-state index is 11.9. The van der Waals surface area contributed by atoms with Gasteiger partial charge in [-0.3, -0.25) is 9.80 Å². The van der Waals surface area contributed by atoms with E-state index in [-0.39, 0.29) is 11.4 Å². The van der Waals surface area contributed by atoms with Gasteiger partial charge < -0.3 is 9.52 Å². The number of benzene rings is 1. The highest BCUT2D eigenvalue weighted by atomic mass is 16.4. The topological polar surface area (TPSA) is 56.9 Å². The molecule has 1 N–H and O–H groups in total. The van der Waals surface area contributed by atoms with Crippen molar-refractivity contribution in [3.05, 3.63) is 51.9 Å². The van der Waals surface area contributed by atoms with Crippen LogP contribution in [0.4, 0.5) is 0 Å². The highest BCUT2D eigenvalue weighted by Crippen LogP contribution is 2.45. The van der Waals surface area contributed by atoms with Crippen LogP contribution in [0.2, 0.25) is 0 Å². The van der Waals surface area contributed by atoms with Crippen molar-refractivity contribution in [2.75, 3.05) is 19.6 Å². The van der Waals surface area contributed by atoms with Gasteiger partial charge in [-0.25, -0.2) is 4.79 Å². The van der Waals surface area contributed by atoms with Crippen molar-refractivity contribution in [3.8, 4) is 5.75 Å². The lowest BCUT2D eigenvalue weighted by atomic mass is 9.68. The van der Waals surface area contributed by atoms with Gasteiger partial charge in [-0.1, -0.05) is 18.1 Å². The first-order valence-electron chi connectivity index (χ1n) is 11.6. The molecule has 4 aliphatic rings. The minimum Gasteiger partial charge on any atom is -0.507 e. The number of rotatable bonds is 2. The fourth-order valence-corrected chi connectivity index (χ4v) is 6.80. The Morgan fingerprint density at radius 3 is 2.93 bits per heavy atom. The van der Waals surface area contributed by atoms with Crippen LogP contribution in [0.25, 0.3) is 11.0 Å². The summed E-state index contributed by atoms with van der Waals surface area (Å²) in [5, 5.41) is 11.5. The quantitative estimate of drug-likeness (QED) is 0.606. The number of aromatic hydroxyl groups is 1. The molecule has 2 bridgehead atoms. The average molecular weight is 407 g/mol. The third-order valence-electron chi connectivity index (χ3n) is 7.99. The van der Waals surface area contributed by atoms with E-state index in [2.05, 4.69) is 15.9 Å². The molecular formula is C25H30N2O3. The molecule has 0 spiro atoms. The Kier molecular flexibility index (Phi) is 4.50. The molecule has 5 nitrogen and oxygen atoms in total. The Morgan fingerprint density at radius 2 is 2.00 bits per heavy atom. The third-order valence-corrected chi connectivity index (χ3v) is 7.99. The summed E-state index contributed by atoms with van der Waals surface area (Å²) in [6.45, 7) is 4.11. The highest BCUT2D eigenvalue weighted by Gasteiger charge is 2.45. The Hall–Kier alpha value is -2.11. The van der Waals surface area contributed by atoms with Gasteiger partial charge in [-0.05, 0) is 75.2 Å². The van der Waals surface area contributed by atoms with Crippen LogP contribution in [0.5, 0.6) is 5.75 Å². The predicted octanol–water partition coefficient (Wildman–Crippen LogP) is 3.89. The fourth-order valence-electron chi connectivity index (χ4n) is 6.80. The summed E-state index contributed by atoms with van der Waals surface area (Å²) in [6, 6.07) is 7.99. The van der Waals surface area contributed by atoms with Crippen LogP contribution in [-0.2, 0) is 6.54 Å². The van der Waals surface area contributed by atoms with Crippen molar-refractivity contribution < 1.29 is 9.52 Å². The standard InChI is InChI=1S/C25H30N2O3/c28-22-8-6-16-7-9-23(29)30-25(16)20(22)15-27-11-3-4-17-12-18-13-19(24(17)27)14-26-10-2-1-5-21(18)26/h6-9,12,18-19,21,24,28H,1-5,10-11,13-15H2/t18?,19?,21-,24-/m1/s1. The van der Waals surface area contributed by atoms with E-state index in [9.17, 15) is 9.90 Å². The molecule has 3 fully saturated rings. The summed E-state index contributed by atoms with van der Waals surface area (Å²) < 4.78 is 5.54. The lowest BCUT2D eigenvalue weighted by Gasteiger charge is -2.54. The molecule has 30 heavy (non-hydrogen) atoms. The van der Waals surface area contributed by atoms with Crippen LogP contribution in [0.15, 0.2) is 45.1 Å². The highest BCUT2D eigenvalue weighted by molar-refractivity contribution is 5.81. The molecule has 0 radical (unpaired) electrons. The molecule has 1 aliphatic carbocycles. The molecule has 0 amide bonds. The minimum absolute atomic E-state index is 0.223. The van der Waals surface area contributed by atoms with Crippen LogP contribution in [0.1, 0.15) is 44.1 Å². The van der Waals surface area contributed by atoms with E-state index in [0.717, 1.165) is 35.9 Å². The van der Waals surface area contributed by atoms with E-state index in [4.69, 9.17) is 4.42 Å². The van der Waals surface area contributed by atoms with E-state index >= 15 is 0 Å². The molecule has 5 heteroatoms. The first kappa shape index (κ1) is 18.6. The van der Waals surface area contributed by atoms with Gasteiger partial charge in [0.1, 0.15) is 11.3 Å². The lowest BCUT2D eigenvalue weighted by Crippen LogP contribution is -2.59. The van der Waals surface area contributed by atoms with Crippen molar-refractivity contribution in [1.82, 2.24) is 9.80 Å². The van der Waals surface area contributed by atoms with Crippen molar-refractivity contribution in [2.45, 2.75) is 57.2 Å². The normalized spacial score (nSPS) is 31.8. The van der Waals surface area contributed by atoms with Gasteiger partial charge in [0.2, 0.25) is 0 Å². The maximum Gasteiger partial charge on any atom is 0.336 e. The number of phenols is 1. The number of hydrogen-bond donors (Lipinski definition) is 1. The minimum atomic E-state index is -0.363. The largest absolute Gasteiger partial charge is 0.507 e. The van der Waals surface area contributed by atoms with Gasteiger partial charge in [0.05, 0.1) is 5.56 Å². The van der Waals surface area contributed by atoms with Crippen LogP contribution in [0, 0.1) is 11.8 Å². The summed E-state index contributed by atoms with van der Waals surface area (Å²) in [5.41, 5.74) is 2.54. The predicted molar refractivity (Wildman–Crippen MR) is 116 cm³/mol. The Labute approximate surface area is 177 Å². The van der Waals surface area contributed by atoms with E-state index in [0.29, 0.717) is 24.1 Å². The summed E-state index contributed by atoms with van der Waals surface area (Å²) in [4.78, 5) is 17.2. The van der Waals surface area contributed by atoms with Gasteiger partial charge in [-0.15, -0.1) is 0 Å².